The quantitative estimate of drug-likeness (QED) is 0.249. The number of nitrogens with zero attached hydrogens (tertiary/aromatic N) is 2. The van der Waals surface area contributed by atoms with Gasteiger partial charge in [-0.3, -0.25) is 29.2 Å². The van der Waals surface area contributed by atoms with Gasteiger partial charge in [-0.2, -0.15) is 0 Å². The number of hydrogen-bond acceptors (Lipinski definition) is 6. The van der Waals surface area contributed by atoms with Gasteiger partial charge in [-0.1, -0.05) is 60.7 Å². The van der Waals surface area contributed by atoms with Crippen molar-refractivity contribution in [1.29, 1.82) is 0 Å². The number of carbonyl (C=O) groups is 4. The number of Topliss-reactive ketones (excluding diaryl/α,β-unsaturated/α-hetero) is 4. The Hall–Kier alpha value is -3.54. The van der Waals surface area contributed by atoms with E-state index in [9.17, 15) is 19.2 Å². The average molecular weight is 404 g/mol. The fraction of sp³-hybridized carbons (Fsp3) is 0.250. The van der Waals surface area contributed by atoms with E-state index in [1.54, 1.807) is 60.7 Å². The van der Waals surface area contributed by atoms with Crippen molar-refractivity contribution >= 4 is 35.6 Å². The van der Waals surface area contributed by atoms with Crippen LogP contribution in [0.5, 0.6) is 0 Å². The molecule has 0 aromatic heterocycles. The first-order valence-electron chi connectivity index (χ1n) is 9.61. The van der Waals surface area contributed by atoms with Crippen molar-refractivity contribution in [3.05, 3.63) is 71.8 Å². The van der Waals surface area contributed by atoms with E-state index >= 15 is 0 Å². The summed E-state index contributed by atoms with van der Waals surface area (Å²) in [7, 11) is 0. The monoisotopic (exact) mass is 404 g/mol. The Morgan fingerprint density at radius 1 is 0.667 bits per heavy atom. The van der Waals surface area contributed by atoms with E-state index in [1.165, 1.54) is 26.3 Å². The van der Waals surface area contributed by atoms with Gasteiger partial charge in [0.1, 0.15) is 23.4 Å². The molecule has 0 saturated heterocycles. The molecule has 2 rings (SSSR count). The Bertz CT molecular complexity index is 870. The van der Waals surface area contributed by atoms with Gasteiger partial charge in [0, 0.05) is 23.6 Å². The maximum Gasteiger partial charge on any atom is 0.178 e. The van der Waals surface area contributed by atoms with Crippen LogP contribution in [-0.2, 0) is 9.59 Å². The number of hydrogen-bond donors (Lipinski definition) is 0. The summed E-state index contributed by atoms with van der Waals surface area (Å²) in [6.45, 7) is 3.16. The number of aliphatic imine (C=N–C) groups is 2. The number of ketones is 4. The first kappa shape index (κ1) is 22.7. The SMILES string of the molecule is CC(=O)C(C=NCCN=CC(C(C)=O)C(=O)c1ccccc1)C(=O)c1ccccc1. The zero-order valence-corrected chi connectivity index (χ0v) is 17.0. The smallest absolute Gasteiger partial charge is 0.178 e. The predicted molar refractivity (Wildman–Crippen MR) is 117 cm³/mol. The summed E-state index contributed by atoms with van der Waals surface area (Å²) in [5.74, 6) is -3.08. The van der Waals surface area contributed by atoms with Gasteiger partial charge < -0.3 is 0 Å². The Kier molecular flexibility index (Phi) is 8.69. The Morgan fingerprint density at radius 2 is 1.00 bits per heavy atom. The van der Waals surface area contributed by atoms with Crippen molar-refractivity contribution in [3.63, 3.8) is 0 Å². The lowest BCUT2D eigenvalue weighted by Crippen LogP contribution is -2.24. The standard InChI is InChI=1S/C24H24N2O4/c1-17(27)21(23(29)19-9-5-3-6-10-19)15-25-13-14-26-16-22(18(2)28)24(30)20-11-7-4-8-12-20/h3-12,15-16,21-22H,13-14H2,1-2H3. The molecule has 0 spiro atoms. The molecule has 2 unspecified atom stereocenters. The zero-order valence-electron chi connectivity index (χ0n) is 17.0. The van der Waals surface area contributed by atoms with Crippen molar-refractivity contribution in [2.75, 3.05) is 13.1 Å². The van der Waals surface area contributed by atoms with Gasteiger partial charge in [0.2, 0.25) is 0 Å². The second kappa shape index (κ2) is 11.5. The lowest BCUT2D eigenvalue weighted by Gasteiger charge is -2.08. The highest BCUT2D eigenvalue weighted by Crippen LogP contribution is 2.10. The number of rotatable bonds is 11. The van der Waals surface area contributed by atoms with Crippen LogP contribution in [0.4, 0.5) is 0 Å². The van der Waals surface area contributed by atoms with E-state index in [-0.39, 0.29) is 36.2 Å². The van der Waals surface area contributed by atoms with Gasteiger partial charge in [0.25, 0.3) is 0 Å². The lowest BCUT2D eigenvalue weighted by atomic mass is 9.95. The minimum Gasteiger partial charge on any atom is -0.299 e. The summed E-state index contributed by atoms with van der Waals surface area (Å²) < 4.78 is 0. The number of carbonyl (C=O) groups excluding carboxylic acids is 4. The van der Waals surface area contributed by atoms with E-state index in [4.69, 9.17) is 0 Å². The molecule has 0 aliphatic heterocycles. The molecule has 0 heterocycles. The molecule has 2 aromatic rings. The number of benzene rings is 2. The van der Waals surface area contributed by atoms with Gasteiger partial charge in [-0.25, -0.2) is 0 Å². The summed E-state index contributed by atoms with van der Waals surface area (Å²) in [5, 5.41) is 0. The maximum absolute atomic E-state index is 12.5. The Labute approximate surface area is 175 Å². The molecule has 2 atom stereocenters. The first-order valence-corrected chi connectivity index (χ1v) is 9.61. The molecular formula is C24H24N2O4. The molecule has 30 heavy (non-hydrogen) atoms. The minimum atomic E-state index is -0.944. The second-order valence-electron chi connectivity index (χ2n) is 6.75. The Balaban J connectivity index is 1.95. The largest absolute Gasteiger partial charge is 0.299 e. The van der Waals surface area contributed by atoms with E-state index in [1.807, 2.05) is 0 Å². The molecule has 0 aliphatic rings. The van der Waals surface area contributed by atoms with Crippen molar-refractivity contribution in [1.82, 2.24) is 0 Å². The average Bonchev–Trinajstić information content (AvgIpc) is 2.75. The molecule has 0 aliphatic carbocycles. The van der Waals surface area contributed by atoms with Gasteiger partial charge >= 0.3 is 0 Å². The second-order valence-corrected chi connectivity index (χ2v) is 6.75. The molecule has 0 bridgehead atoms. The van der Waals surface area contributed by atoms with Crippen molar-refractivity contribution in [2.45, 2.75) is 13.8 Å². The molecule has 0 N–H and O–H groups in total. The van der Waals surface area contributed by atoms with Crippen LogP contribution < -0.4 is 0 Å². The molecule has 0 radical (unpaired) electrons. The molecule has 0 fully saturated rings. The lowest BCUT2D eigenvalue weighted by molar-refractivity contribution is -0.118. The van der Waals surface area contributed by atoms with Crippen LogP contribution in [0.1, 0.15) is 34.6 Å². The van der Waals surface area contributed by atoms with Gasteiger partial charge in [0.05, 0.1) is 13.1 Å². The third-order valence-corrected chi connectivity index (χ3v) is 4.42. The third-order valence-electron chi connectivity index (χ3n) is 4.42. The Morgan fingerprint density at radius 3 is 1.30 bits per heavy atom. The van der Waals surface area contributed by atoms with Crippen molar-refractivity contribution in [2.24, 2.45) is 21.8 Å². The molecule has 6 nitrogen and oxygen atoms in total. The predicted octanol–water partition coefficient (Wildman–Crippen LogP) is 3.30. The van der Waals surface area contributed by atoms with Crippen molar-refractivity contribution in [3.8, 4) is 0 Å². The zero-order chi connectivity index (χ0) is 21.9. The van der Waals surface area contributed by atoms with E-state index in [0.717, 1.165) is 0 Å². The van der Waals surface area contributed by atoms with Crippen LogP contribution in [0.15, 0.2) is 70.6 Å². The summed E-state index contributed by atoms with van der Waals surface area (Å²) in [5.41, 5.74) is 0.900. The molecule has 6 heteroatoms. The van der Waals surface area contributed by atoms with Crippen LogP contribution in [0.25, 0.3) is 0 Å². The summed E-state index contributed by atoms with van der Waals surface area (Å²) in [4.78, 5) is 56.9. The van der Waals surface area contributed by atoms with E-state index in [0.29, 0.717) is 11.1 Å². The minimum absolute atomic E-state index is 0.229. The van der Waals surface area contributed by atoms with Gasteiger partial charge in [-0.15, -0.1) is 0 Å². The fourth-order valence-corrected chi connectivity index (χ4v) is 2.75. The molecule has 154 valence electrons. The van der Waals surface area contributed by atoms with Crippen LogP contribution in [0.3, 0.4) is 0 Å². The first-order chi connectivity index (χ1) is 14.4. The molecule has 0 amide bonds. The summed E-state index contributed by atoms with van der Waals surface area (Å²) >= 11 is 0. The van der Waals surface area contributed by atoms with Crippen LogP contribution in [0.2, 0.25) is 0 Å². The van der Waals surface area contributed by atoms with Gasteiger partial charge in [-0.05, 0) is 13.8 Å². The molecule has 2 aromatic carbocycles. The highest BCUT2D eigenvalue weighted by molar-refractivity contribution is 6.20. The van der Waals surface area contributed by atoms with E-state index in [2.05, 4.69) is 9.98 Å². The van der Waals surface area contributed by atoms with Crippen LogP contribution >= 0.6 is 0 Å². The normalized spacial score (nSPS) is 13.3. The van der Waals surface area contributed by atoms with Crippen molar-refractivity contribution < 1.29 is 19.2 Å². The third kappa shape index (κ3) is 6.51. The summed E-state index contributed by atoms with van der Waals surface area (Å²) in [6, 6.07) is 17.1. The highest BCUT2D eigenvalue weighted by atomic mass is 16.2. The fourth-order valence-electron chi connectivity index (χ4n) is 2.75. The van der Waals surface area contributed by atoms with E-state index < -0.39 is 11.8 Å². The summed E-state index contributed by atoms with van der Waals surface area (Å²) in [6.07, 6.45) is 2.68. The topological polar surface area (TPSA) is 93.0 Å². The molecular weight excluding hydrogens is 380 g/mol. The highest BCUT2D eigenvalue weighted by Gasteiger charge is 2.23. The van der Waals surface area contributed by atoms with Gasteiger partial charge in [0.15, 0.2) is 11.6 Å². The molecule has 0 saturated carbocycles. The van der Waals surface area contributed by atoms with Crippen LogP contribution in [-0.4, -0.2) is 48.7 Å². The maximum atomic E-state index is 12.5. The van der Waals surface area contributed by atoms with Crippen LogP contribution in [0, 0.1) is 11.8 Å².